The normalized spacial score (nSPS) is 13.6. The van der Waals surface area contributed by atoms with Gasteiger partial charge >= 0.3 is 7.82 Å². The lowest BCUT2D eigenvalue weighted by molar-refractivity contribution is 0.0811. The summed E-state index contributed by atoms with van der Waals surface area (Å²) in [5.74, 6) is 0.324. The Morgan fingerprint density at radius 3 is 2.40 bits per heavy atom. The van der Waals surface area contributed by atoms with Gasteiger partial charge in [0.1, 0.15) is 24.9 Å². The first-order chi connectivity index (χ1) is 12.1. The molecule has 0 aliphatic rings. The average molecular weight is 373 g/mol. The van der Waals surface area contributed by atoms with Crippen molar-refractivity contribution < 1.29 is 37.5 Å². The van der Waals surface area contributed by atoms with E-state index in [1.54, 1.807) is 32.2 Å². The monoisotopic (exact) mass is 373 g/mol. The molecule has 1 aromatic carbocycles. The number of nitrogens with one attached hydrogen (secondary N) is 1. The number of benzene rings is 1. The summed E-state index contributed by atoms with van der Waals surface area (Å²) in [6.07, 6.45) is 1.82. The zero-order chi connectivity index (χ0) is 18.4. The van der Waals surface area contributed by atoms with E-state index in [0.29, 0.717) is 12.4 Å². The smallest absolute Gasteiger partial charge is 0.512 e. The van der Waals surface area contributed by atoms with E-state index in [9.17, 15) is 4.57 Å². The second-order valence-corrected chi connectivity index (χ2v) is 6.08. The largest absolute Gasteiger partial charge is 0.530 e. The number of aliphatic hydroxyl groups is 1. The molecule has 1 aromatic rings. The fourth-order valence-corrected chi connectivity index (χ4v) is 2.72. The van der Waals surface area contributed by atoms with Crippen molar-refractivity contribution >= 4 is 23.9 Å². The summed E-state index contributed by atoms with van der Waals surface area (Å²) in [4.78, 5) is 5.07. The highest BCUT2D eigenvalue weighted by molar-refractivity contribution is 7.48. The van der Waals surface area contributed by atoms with E-state index in [-0.39, 0.29) is 26.4 Å². The van der Waals surface area contributed by atoms with Crippen LogP contribution in [0.15, 0.2) is 36.8 Å². The summed E-state index contributed by atoms with van der Waals surface area (Å²) in [6, 6.07) is 6.80. The highest BCUT2D eigenvalue weighted by Gasteiger charge is 2.28. The summed E-state index contributed by atoms with van der Waals surface area (Å²) >= 11 is 0. The Hall–Kier alpha value is -1.48. The van der Waals surface area contributed by atoms with Gasteiger partial charge in [0.15, 0.2) is 0 Å². The van der Waals surface area contributed by atoms with Gasteiger partial charge in [-0.15, -0.1) is 0 Å². The Bertz CT molecular complexity index is 545. The lowest BCUT2D eigenvalue weighted by Crippen LogP contribution is -2.10. The number of rotatable bonds is 14. The van der Waals surface area contributed by atoms with Crippen molar-refractivity contribution in [3.63, 3.8) is 0 Å². The zero-order valence-electron chi connectivity index (χ0n) is 14.3. The topological polar surface area (TPSA) is 105 Å². The molecule has 0 aromatic heterocycles. The van der Waals surface area contributed by atoms with Gasteiger partial charge in [-0.25, -0.2) is 4.57 Å². The molecule has 9 nitrogen and oxygen atoms in total. The Balaban J connectivity index is 2.62. The molecular formula is C13H22B2NO8P. The van der Waals surface area contributed by atoms with Crippen molar-refractivity contribution in [3.05, 3.63) is 42.4 Å². The minimum Gasteiger partial charge on any atom is -0.512 e. The molecule has 0 saturated heterocycles. The quantitative estimate of drug-likeness (QED) is 0.158. The van der Waals surface area contributed by atoms with Crippen molar-refractivity contribution in [1.82, 2.24) is 5.39 Å². The van der Waals surface area contributed by atoms with Crippen LogP contribution in [0.25, 0.3) is 0 Å². The van der Waals surface area contributed by atoms with Crippen molar-refractivity contribution in [2.24, 2.45) is 0 Å². The molecule has 25 heavy (non-hydrogen) atoms. The van der Waals surface area contributed by atoms with Gasteiger partial charge in [-0.3, -0.25) is 14.4 Å². The number of phosphoric ester groups is 1. The molecule has 12 heteroatoms. The van der Waals surface area contributed by atoms with Crippen LogP contribution in [-0.2, 0) is 34.4 Å². The minimum absolute atomic E-state index is 0.0409. The Morgan fingerprint density at radius 1 is 1.12 bits per heavy atom. The summed E-state index contributed by atoms with van der Waals surface area (Å²) in [7, 11) is -0.680. The first-order valence-electron chi connectivity index (χ1n) is 7.49. The fraction of sp³-hybridized carbons (Fsp3) is 0.385. The molecule has 0 spiro atoms. The van der Waals surface area contributed by atoms with Gasteiger partial charge in [-0.1, -0.05) is 12.1 Å². The number of aliphatic hydroxyl groups excluding tert-OH is 1. The minimum atomic E-state index is -3.85. The predicted octanol–water partition coefficient (Wildman–Crippen LogP) is 0.386. The lowest BCUT2D eigenvalue weighted by Gasteiger charge is -2.18. The summed E-state index contributed by atoms with van der Waals surface area (Å²) in [5.41, 5.74) is 0.905. The Morgan fingerprint density at radius 2 is 1.80 bits per heavy atom. The number of phosphoric acid groups is 1. The summed E-state index contributed by atoms with van der Waals surface area (Å²) in [5, 5.41) is 11.0. The highest BCUT2D eigenvalue weighted by atomic mass is 31.2. The second-order valence-electron chi connectivity index (χ2n) is 4.49. The molecule has 1 atom stereocenters. The highest BCUT2D eigenvalue weighted by Crippen LogP contribution is 2.49. The molecule has 0 amide bonds. The van der Waals surface area contributed by atoms with Crippen LogP contribution < -0.4 is 9.91 Å². The molecular weight excluding hydrogens is 351 g/mol. The van der Waals surface area contributed by atoms with Gasteiger partial charge in [0.2, 0.25) is 7.98 Å². The van der Waals surface area contributed by atoms with Crippen LogP contribution in [0.1, 0.15) is 5.56 Å². The molecule has 0 fully saturated rings. The Labute approximate surface area is 148 Å². The average Bonchev–Trinajstić information content (AvgIpc) is 2.61. The molecule has 0 saturated carbocycles. The van der Waals surface area contributed by atoms with E-state index in [2.05, 4.69) is 5.39 Å². The molecule has 138 valence electrons. The van der Waals surface area contributed by atoms with Crippen LogP contribution in [0.2, 0.25) is 0 Å². The van der Waals surface area contributed by atoms with Crippen LogP contribution in [-0.4, -0.2) is 47.6 Å². The number of ether oxygens (including phenoxy) is 1. The standard InChI is InChI=1S/C13H22B2NO8P/c14-16-21-11-12-1-3-13(4-2-12)24-25(18,23-10-8-20-15)22-9-7-19-6-5-17/h1-6,16-17H,7-11,14-15H2/b6-5+. The van der Waals surface area contributed by atoms with E-state index >= 15 is 0 Å². The lowest BCUT2D eigenvalue weighted by atomic mass is 10.2. The van der Waals surface area contributed by atoms with E-state index < -0.39 is 7.82 Å². The maximum absolute atomic E-state index is 12.7. The molecule has 1 rings (SSSR count). The SMILES string of the molecule is BNOCc1ccc(OP(=O)(OCCOB)OCCO/C=C/O)cc1. The van der Waals surface area contributed by atoms with Crippen molar-refractivity contribution in [2.45, 2.75) is 6.61 Å². The predicted molar refractivity (Wildman–Crippen MR) is 95.3 cm³/mol. The van der Waals surface area contributed by atoms with Gasteiger partial charge < -0.3 is 23.9 Å². The van der Waals surface area contributed by atoms with Crippen molar-refractivity contribution in [2.75, 3.05) is 26.4 Å². The molecule has 0 aliphatic carbocycles. The molecule has 0 heterocycles. The fourth-order valence-electron chi connectivity index (χ4n) is 1.56. The van der Waals surface area contributed by atoms with Crippen LogP contribution >= 0.6 is 7.82 Å². The molecule has 1 unspecified atom stereocenters. The molecule has 0 bridgehead atoms. The van der Waals surface area contributed by atoms with Crippen molar-refractivity contribution in [3.8, 4) is 5.75 Å². The van der Waals surface area contributed by atoms with E-state index in [1.807, 2.05) is 0 Å². The summed E-state index contributed by atoms with van der Waals surface area (Å²) < 4.78 is 38.2. The third kappa shape index (κ3) is 9.54. The Kier molecular flexibility index (Phi) is 11.1. The first-order valence-corrected chi connectivity index (χ1v) is 8.95. The first kappa shape index (κ1) is 21.6. The van der Waals surface area contributed by atoms with Gasteiger partial charge in [0.25, 0.3) is 8.05 Å². The maximum atomic E-state index is 12.7. The molecule has 2 N–H and O–H groups in total. The van der Waals surface area contributed by atoms with E-state index in [1.165, 1.54) is 8.05 Å². The molecule has 0 aliphatic heterocycles. The van der Waals surface area contributed by atoms with Crippen molar-refractivity contribution in [1.29, 1.82) is 0 Å². The zero-order valence-corrected chi connectivity index (χ0v) is 15.1. The number of hydrogen-bond acceptors (Lipinski definition) is 9. The molecule has 0 radical (unpaired) electrons. The number of hydrogen-bond donors (Lipinski definition) is 2. The van der Waals surface area contributed by atoms with Crippen LogP contribution in [0.3, 0.4) is 0 Å². The maximum Gasteiger partial charge on any atom is 0.530 e. The van der Waals surface area contributed by atoms with Gasteiger partial charge in [0, 0.05) is 0 Å². The van der Waals surface area contributed by atoms with Crippen LogP contribution in [0.4, 0.5) is 0 Å². The van der Waals surface area contributed by atoms with E-state index in [4.69, 9.17) is 32.9 Å². The van der Waals surface area contributed by atoms with Gasteiger partial charge in [0.05, 0.1) is 26.4 Å². The van der Waals surface area contributed by atoms with Crippen LogP contribution in [0.5, 0.6) is 5.75 Å². The van der Waals surface area contributed by atoms with Crippen LogP contribution in [0, 0.1) is 0 Å². The summed E-state index contributed by atoms with van der Waals surface area (Å²) in [6.45, 7) is 0.673. The second kappa shape index (κ2) is 12.8. The third-order valence-electron chi connectivity index (χ3n) is 2.67. The van der Waals surface area contributed by atoms with Gasteiger partial charge in [-0.2, -0.15) is 0 Å². The third-order valence-corrected chi connectivity index (χ3v) is 4.10. The van der Waals surface area contributed by atoms with E-state index in [0.717, 1.165) is 18.1 Å². The van der Waals surface area contributed by atoms with Gasteiger partial charge in [-0.05, 0) is 17.7 Å².